The zero-order valence-electron chi connectivity index (χ0n) is 14.6. The third-order valence-corrected chi connectivity index (χ3v) is 5.99. The van der Waals surface area contributed by atoms with Crippen molar-refractivity contribution >= 4 is 16.9 Å². The minimum Gasteiger partial charge on any atom is -0.497 e. The number of amides is 1. The van der Waals surface area contributed by atoms with Crippen LogP contribution in [0.3, 0.4) is 0 Å². The summed E-state index contributed by atoms with van der Waals surface area (Å²) in [6.45, 7) is 2.08. The van der Waals surface area contributed by atoms with Gasteiger partial charge in [0.15, 0.2) is 0 Å². The van der Waals surface area contributed by atoms with Crippen LogP contribution in [0.15, 0.2) is 33.5 Å². The summed E-state index contributed by atoms with van der Waals surface area (Å²) in [6, 6.07) is 6.54. The van der Waals surface area contributed by atoms with Crippen molar-refractivity contribution in [1.82, 2.24) is 5.32 Å². The van der Waals surface area contributed by atoms with Gasteiger partial charge in [-0.05, 0) is 56.1 Å². The Morgan fingerprint density at radius 3 is 2.80 bits per heavy atom. The summed E-state index contributed by atoms with van der Waals surface area (Å²) >= 11 is 0. The normalized spacial score (nSPS) is 25.9. The van der Waals surface area contributed by atoms with Crippen LogP contribution in [0.4, 0.5) is 0 Å². The zero-order chi connectivity index (χ0) is 17.6. The van der Waals surface area contributed by atoms with Crippen molar-refractivity contribution in [3.8, 4) is 5.75 Å². The van der Waals surface area contributed by atoms with E-state index in [0.29, 0.717) is 28.2 Å². The van der Waals surface area contributed by atoms with E-state index in [9.17, 15) is 9.59 Å². The van der Waals surface area contributed by atoms with Crippen molar-refractivity contribution in [3.63, 3.8) is 0 Å². The molecule has 2 aliphatic rings. The summed E-state index contributed by atoms with van der Waals surface area (Å²) in [5.41, 5.74) is 0.201. The molecule has 0 aliphatic heterocycles. The fourth-order valence-corrected chi connectivity index (χ4v) is 4.76. The SMILES string of the molecule is COc1ccc2c(C(=O)NC(C)C3CC4CCC3C4)cc(=O)oc2c1. The van der Waals surface area contributed by atoms with E-state index in [2.05, 4.69) is 12.2 Å². The Morgan fingerprint density at radius 2 is 2.12 bits per heavy atom. The average molecular weight is 341 g/mol. The van der Waals surface area contributed by atoms with Gasteiger partial charge in [-0.25, -0.2) is 4.79 Å². The highest BCUT2D eigenvalue weighted by molar-refractivity contribution is 6.05. The van der Waals surface area contributed by atoms with Gasteiger partial charge in [-0.15, -0.1) is 0 Å². The average Bonchev–Trinajstić information content (AvgIpc) is 3.23. The second-order valence-corrected chi connectivity index (χ2v) is 7.44. The minimum atomic E-state index is -0.529. The second kappa shape index (κ2) is 6.21. The fourth-order valence-electron chi connectivity index (χ4n) is 4.76. The molecule has 1 aromatic heterocycles. The minimum absolute atomic E-state index is 0.114. The quantitative estimate of drug-likeness (QED) is 0.866. The maximum atomic E-state index is 12.8. The van der Waals surface area contributed by atoms with Gasteiger partial charge in [0.2, 0.25) is 0 Å². The van der Waals surface area contributed by atoms with Crippen molar-refractivity contribution in [2.75, 3.05) is 7.11 Å². The molecule has 2 bridgehead atoms. The molecule has 25 heavy (non-hydrogen) atoms. The van der Waals surface area contributed by atoms with Crippen LogP contribution < -0.4 is 15.7 Å². The number of fused-ring (bicyclic) bond motifs is 3. The number of carbonyl (C=O) groups is 1. The molecule has 1 heterocycles. The third kappa shape index (κ3) is 2.92. The smallest absolute Gasteiger partial charge is 0.337 e. The second-order valence-electron chi connectivity index (χ2n) is 7.44. The van der Waals surface area contributed by atoms with E-state index in [-0.39, 0.29) is 11.9 Å². The molecule has 2 saturated carbocycles. The number of methoxy groups -OCH3 is 1. The molecule has 0 spiro atoms. The molecule has 132 valence electrons. The van der Waals surface area contributed by atoms with Crippen molar-refractivity contribution in [2.45, 2.75) is 38.6 Å². The number of nitrogens with one attached hydrogen (secondary N) is 1. The summed E-state index contributed by atoms with van der Waals surface area (Å²) in [5.74, 6) is 2.50. The lowest BCUT2D eigenvalue weighted by Gasteiger charge is -2.28. The highest BCUT2D eigenvalue weighted by Crippen LogP contribution is 2.49. The largest absolute Gasteiger partial charge is 0.497 e. The zero-order valence-corrected chi connectivity index (χ0v) is 14.6. The van der Waals surface area contributed by atoms with Gasteiger partial charge in [0.25, 0.3) is 5.91 Å². The lowest BCUT2D eigenvalue weighted by atomic mass is 9.84. The molecule has 4 rings (SSSR count). The summed E-state index contributed by atoms with van der Waals surface area (Å²) in [4.78, 5) is 24.7. The maximum absolute atomic E-state index is 12.8. The van der Waals surface area contributed by atoms with E-state index in [0.717, 1.165) is 11.8 Å². The van der Waals surface area contributed by atoms with Gasteiger partial charge in [0.1, 0.15) is 11.3 Å². The first-order valence-electron chi connectivity index (χ1n) is 8.98. The molecular weight excluding hydrogens is 318 g/mol. The molecule has 4 atom stereocenters. The van der Waals surface area contributed by atoms with Gasteiger partial charge >= 0.3 is 5.63 Å². The van der Waals surface area contributed by atoms with Crippen LogP contribution in [0, 0.1) is 17.8 Å². The van der Waals surface area contributed by atoms with E-state index in [4.69, 9.17) is 9.15 Å². The molecule has 5 nitrogen and oxygen atoms in total. The number of benzene rings is 1. The predicted molar refractivity (Wildman–Crippen MR) is 94.9 cm³/mol. The Hall–Kier alpha value is -2.30. The first kappa shape index (κ1) is 16.2. The van der Waals surface area contributed by atoms with Gasteiger partial charge in [-0.1, -0.05) is 6.42 Å². The molecule has 1 aromatic carbocycles. The Morgan fingerprint density at radius 1 is 1.28 bits per heavy atom. The summed E-state index contributed by atoms with van der Waals surface area (Å²) in [6.07, 6.45) is 5.14. The standard InChI is InChI=1S/C20H23NO4/c1-11(16-8-12-3-4-13(16)7-12)21-20(23)17-10-19(22)25-18-9-14(24-2)5-6-15(17)18/h5-6,9-13,16H,3-4,7-8H2,1-2H3,(H,21,23). The number of ether oxygens (including phenoxy) is 1. The molecule has 0 radical (unpaired) electrons. The van der Waals surface area contributed by atoms with Crippen molar-refractivity contribution in [3.05, 3.63) is 40.2 Å². The van der Waals surface area contributed by atoms with E-state index < -0.39 is 5.63 Å². The van der Waals surface area contributed by atoms with Gasteiger partial charge < -0.3 is 14.5 Å². The van der Waals surface area contributed by atoms with Crippen LogP contribution in [-0.2, 0) is 0 Å². The van der Waals surface area contributed by atoms with Gasteiger partial charge in [-0.2, -0.15) is 0 Å². The maximum Gasteiger partial charge on any atom is 0.337 e. The predicted octanol–water partition coefficient (Wildman–Crippen LogP) is 3.36. The molecule has 4 unspecified atom stereocenters. The highest BCUT2D eigenvalue weighted by atomic mass is 16.5. The lowest BCUT2D eigenvalue weighted by Crippen LogP contribution is -2.40. The van der Waals surface area contributed by atoms with E-state index in [1.165, 1.54) is 31.7 Å². The van der Waals surface area contributed by atoms with E-state index >= 15 is 0 Å². The number of hydrogen-bond donors (Lipinski definition) is 1. The lowest BCUT2D eigenvalue weighted by molar-refractivity contribution is 0.0916. The Labute approximate surface area is 146 Å². The topological polar surface area (TPSA) is 68.5 Å². The number of carbonyl (C=O) groups excluding carboxylic acids is 1. The van der Waals surface area contributed by atoms with Crippen LogP contribution >= 0.6 is 0 Å². The van der Waals surface area contributed by atoms with Crippen LogP contribution in [0.5, 0.6) is 5.75 Å². The Kier molecular flexibility index (Phi) is 4.02. The third-order valence-electron chi connectivity index (χ3n) is 5.99. The molecule has 2 fully saturated rings. The van der Waals surface area contributed by atoms with Crippen molar-refractivity contribution in [1.29, 1.82) is 0 Å². The first-order valence-corrected chi connectivity index (χ1v) is 8.98. The van der Waals surface area contributed by atoms with Crippen LogP contribution in [0.1, 0.15) is 43.0 Å². The van der Waals surface area contributed by atoms with Crippen molar-refractivity contribution < 1.29 is 13.9 Å². The van der Waals surface area contributed by atoms with E-state index in [1.54, 1.807) is 25.3 Å². The van der Waals surface area contributed by atoms with Crippen LogP contribution in [0.2, 0.25) is 0 Å². The summed E-state index contributed by atoms with van der Waals surface area (Å²) < 4.78 is 10.4. The Balaban J connectivity index is 1.60. The van der Waals surface area contributed by atoms with Crippen LogP contribution in [-0.4, -0.2) is 19.1 Å². The summed E-state index contributed by atoms with van der Waals surface area (Å²) in [7, 11) is 1.55. The number of hydrogen-bond acceptors (Lipinski definition) is 4. The van der Waals surface area contributed by atoms with Crippen LogP contribution in [0.25, 0.3) is 11.0 Å². The molecular formula is C20H23NO4. The monoisotopic (exact) mass is 341 g/mol. The highest BCUT2D eigenvalue weighted by Gasteiger charge is 2.42. The number of rotatable bonds is 4. The Bertz CT molecular complexity index is 872. The molecule has 1 N–H and O–H groups in total. The van der Waals surface area contributed by atoms with E-state index in [1.807, 2.05) is 0 Å². The first-order chi connectivity index (χ1) is 12.0. The molecule has 0 saturated heterocycles. The van der Waals surface area contributed by atoms with Gasteiger partial charge in [-0.3, -0.25) is 4.79 Å². The molecule has 2 aromatic rings. The van der Waals surface area contributed by atoms with Crippen molar-refractivity contribution in [2.24, 2.45) is 17.8 Å². The molecule has 2 aliphatic carbocycles. The van der Waals surface area contributed by atoms with Gasteiger partial charge in [0.05, 0.1) is 12.7 Å². The van der Waals surface area contributed by atoms with Gasteiger partial charge in [0, 0.05) is 23.6 Å². The molecule has 5 heteroatoms. The molecule has 1 amide bonds. The fraction of sp³-hybridized carbons (Fsp3) is 0.500. The summed E-state index contributed by atoms with van der Waals surface area (Å²) in [5, 5.41) is 3.74.